The molecule has 0 unspecified atom stereocenters. The van der Waals surface area contributed by atoms with Crippen molar-refractivity contribution in [2.24, 2.45) is 10.9 Å². The topological polar surface area (TPSA) is 60.7 Å². The van der Waals surface area contributed by atoms with Crippen molar-refractivity contribution in [1.82, 2.24) is 10.2 Å². The molecule has 1 aromatic rings. The van der Waals surface area contributed by atoms with Crippen molar-refractivity contribution < 1.29 is 4.74 Å². The summed E-state index contributed by atoms with van der Waals surface area (Å²) in [7, 11) is 3.79. The molecule has 23 heavy (non-hydrogen) atoms. The highest BCUT2D eigenvalue weighted by Gasteiger charge is 2.21. The molecule has 0 spiro atoms. The van der Waals surface area contributed by atoms with Gasteiger partial charge in [0.1, 0.15) is 0 Å². The van der Waals surface area contributed by atoms with Crippen molar-refractivity contribution in [3.8, 4) is 6.07 Å². The summed E-state index contributed by atoms with van der Waals surface area (Å²) in [5.74, 6) is 1.65. The van der Waals surface area contributed by atoms with Crippen LogP contribution in [0.5, 0.6) is 0 Å². The molecule has 0 heterocycles. The van der Waals surface area contributed by atoms with E-state index in [1.165, 1.54) is 12.8 Å². The van der Waals surface area contributed by atoms with E-state index in [1.54, 1.807) is 7.05 Å². The predicted molar refractivity (Wildman–Crippen MR) is 103 cm³/mol. The minimum Gasteiger partial charge on any atom is -0.379 e. The molecule has 1 aliphatic carbocycles. The molecule has 1 fully saturated rings. The van der Waals surface area contributed by atoms with Gasteiger partial charge in [-0.3, -0.25) is 4.99 Å². The highest BCUT2D eigenvalue weighted by atomic mass is 127. The summed E-state index contributed by atoms with van der Waals surface area (Å²) in [6.45, 7) is 3.13. The fraction of sp³-hybridized carbons (Fsp3) is 0.529. The Morgan fingerprint density at radius 2 is 2.09 bits per heavy atom. The first-order valence-corrected chi connectivity index (χ1v) is 7.71. The second-order valence-corrected chi connectivity index (χ2v) is 5.65. The van der Waals surface area contributed by atoms with Crippen LogP contribution >= 0.6 is 24.0 Å². The van der Waals surface area contributed by atoms with Crippen molar-refractivity contribution in [2.45, 2.75) is 19.4 Å². The third kappa shape index (κ3) is 7.18. The molecular formula is C17H25IN4O. The minimum absolute atomic E-state index is 0. The number of guanidine groups is 1. The van der Waals surface area contributed by atoms with Crippen LogP contribution in [0, 0.1) is 17.2 Å². The number of hydrogen-bond acceptors (Lipinski definition) is 3. The van der Waals surface area contributed by atoms with E-state index in [9.17, 15) is 0 Å². The second-order valence-electron chi connectivity index (χ2n) is 5.65. The molecular weight excluding hydrogens is 403 g/mol. The average molecular weight is 428 g/mol. The molecule has 0 aliphatic heterocycles. The van der Waals surface area contributed by atoms with E-state index in [4.69, 9.17) is 10.00 Å². The first-order valence-electron chi connectivity index (χ1n) is 7.71. The maximum absolute atomic E-state index is 8.80. The minimum atomic E-state index is 0. The zero-order chi connectivity index (χ0) is 15.8. The number of hydrogen-bond donors (Lipinski definition) is 1. The highest BCUT2D eigenvalue weighted by molar-refractivity contribution is 14.0. The lowest BCUT2D eigenvalue weighted by Crippen LogP contribution is -2.40. The van der Waals surface area contributed by atoms with Crippen LogP contribution in [0.3, 0.4) is 0 Å². The molecule has 1 saturated carbocycles. The largest absolute Gasteiger partial charge is 0.379 e. The molecule has 0 amide bonds. The van der Waals surface area contributed by atoms with Gasteiger partial charge in [-0.15, -0.1) is 24.0 Å². The zero-order valence-electron chi connectivity index (χ0n) is 13.8. The molecule has 2 rings (SSSR count). The Hall–Kier alpha value is -1.33. The maximum Gasteiger partial charge on any atom is 0.193 e. The van der Waals surface area contributed by atoms with Crippen LogP contribution in [0.2, 0.25) is 0 Å². The van der Waals surface area contributed by atoms with E-state index < -0.39 is 0 Å². The van der Waals surface area contributed by atoms with E-state index in [1.807, 2.05) is 31.3 Å². The van der Waals surface area contributed by atoms with Crippen LogP contribution in [-0.2, 0) is 11.3 Å². The monoisotopic (exact) mass is 428 g/mol. The van der Waals surface area contributed by atoms with E-state index >= 15 is 0 Å². The Morgan fingerprint density at radius 1 is 1.39 bits per heavy atom. The fourth-order valence-corrected chi connectivity index (χ4v) is 2.10. The molecule has 5 nitrogen and oxygen atoms in total. The number of benzene rings is 1. The molecule has 1 N–H and O–H groups in total. The number of likely N-dealkylation sites (N-methyl/N-ethyl adjacent to an activating group) is 1. The molecule has 6 heteroatoms. The summed E-state index contributed by atoms with van der Waals surface area (Å²) >= 11 is 0. The molecule has 0 radical (unpaired) electrons. The van der Waals surface area contributed by atoms with E-state index in [0.717, 1.165) is 37.2 Å². The second kappa shape index (κ2) is 10.4. The standard InChI is InChI=1S/C17H24N4O.HI/c1-19-17(21(2)9-10-22-13-16-7-8-16)20-12-15-5-3-14(11-18)4-6-15;/h3-6,16H,7-10,12-13H2,1-2H3,(H,19,20);1H. The smallest absolute Gasteiger partial charge is 0.193 e. The molecule has 0 saturated heterocycles. The van der Waals surface area contributed by atoms with Gasteiger partial charge in [-0.2, -0.15) is 5.26 Å². The summed E-state index contributed by atoms with van der Waals surface area (Å²) in [5, 5.41) is 12.1. The molecule has 126 valence electrons. The average Bonchev–Trinajstić information content (AvgIpc) is 3.37. The summed E-state index contributed by atoms with van der Waals surface area (Å²) in [6.07, 6.45) is 2.65. The van der Waals surface area contributed by atoms with Crippen LogP contribution in [0.25, 0.3) is 0 Å². The van der Waals surface area contributed by atoms with E-state index in [-0.39, 0.29) is 24.0 Å². The van der Waals surface area contributed by atoms with Gasteiger partial charge in [-0.25, -0.2) is 0 Å². The van der Waals surface area contributed by atoms with Crippen molar-refractivity contribution in [2.75, 3.05) is 33.9 Å². The Bertz CT molecular complexity index is 535. The summed E-state index contributed by atoms with van der Waals surface area (Å²) in [4.78, 5) is 6.35. The Morgan fingerprint density at radius 3 is 2.65 bits per heavy atom. The van der Waals surface area contributed by atoms with Gasteiger partial charge in [0, 0.05) is 33.8 Å². The first kappa shape index (κ1) is 19.7. The van der Waals surface area contributed by atoms with Gasteiger partial charge in [0.25, 0.3) is 0 Å². The SMILES string of the molecule is CN=C(NCc1ccc(C#N)cc1)N(C)CCOCC1CC1.I. The lowest BCUT2D eigenvalue weighted by atomic mass is 10.1. The fourth-order valence-electron chi connectivity index (χ4n) is 2.10. The number of nitrogens with one attached hydrogen (secondary N) is 1. The van der Waals surface area contributed by atoms with Crippen LogP contribution in [0.15, 0.2) is 29.3 Å². The van der Waals surface area contributed by atoms with Gasteiger partial charge in [-0.05, 0) is 36.5 Å². The number of nitrogens with zero attached hydrogens (tertiary/aromatic N) is 3. The van der Waals surface area contributed by atoms with Crippen LogP contribution in [-0.4, -0.2) is 44.7 Å². The van der Waals surface area contributed by atoms with E-state index in [2.05, 4.69) is 21.3 Å². The predicted octanol–water partition coefficient (Wildman–Crippen LogP) is 2.61. The van der Waals surface area contributed by atoms with Crippen molar-refractivity contribution >= 4 is 29.9 Å². The van der Waals surface area contributed by atoms with E-state index in [0.29, 0.717) is 12.1 Å². The van der Waals surface area contributed by atoms with Gasteiger partial charge in [0.05, 0.1) is 18.2 Å². The third-order valence-electron chi connectivity index (χ3n) is 3.73. The third-order valence-corrected chi connectivity index (χ3v) is 3.73. The first-order chi connectivity index (χ1) is 10.7. The molecule has 0 aromatic heterocycles. The van der Waals surface area contributed by atoms with Crippen molar-refractivity contribution in [3.63, 3.8) is 0 Å². The number of aliphatic imine (C=N–C) groups is 1. The summed E-state index contributed by atoms with van der Waals surface area (Å²) in [5.41, 5.74) is 1.80. The van der Waals surface area contributed by atoms with Gasteiger partial charge in [0.15, 0.2) is 5.96 Å². The van der Waals surface area contributed by atoms with Crippen molar-refractivity contribution in [1.29, 1.82) is 5.26 Å². The molecule has 0 bridgehead atoms. The number of rotatable bonds is 7. The van der Waals surface area contributed by atoms with Gasteiger partial charge < -0.3 is 15.0 Å². The maximum atomic E-state index is 8.80. The van der Waals surface area contributed by atoms with Crippen molar-refractivity contribution in [3.05, 3.63) is 35.4 Å². The normalized spacial score (nSPS) is 13.9. The molecule has 1 aliphatic rings. The number of nitriles is 1. The van der Waals surface area contributed by atoms with Crippen LogP contribution in [0.4, 0.5) is 0 Å². The number of halogens is 1. The van der Waals surface area contributed by atoms with Gasteiger partial charge >= 0.3 is 0 Å². The highest BCUT2D eigenvalue weighted by Crippen LogP contribution is 2.28. The van der Waals surface area contributed by atoms with Gasteiger partial charge in [0.2, 0.25) is 0 Å². The summed E-state index contributed by atoms with van der Waals surface area (Å²) in [6, 6.07) is 9.69. The zero-order valence-corrected chi connectivity index (χ0v) is 16.1. The number of ether oxygens (including phenoxy) is 1. The Kier molecular flexibility index (Phi) is 8.95. The van der Waals surface area contributed by atoms with Gasteiger partial charge in [-0.1, -0.05) is 12.1 Å². The Labute approximate surface area is 155 Å². The van der Waals surface area contributed by atoms with Crippen LogP contribution < -0.4 is 5.32 Å². The molecule has 1 aromatic carbocycles. The lowest BCUT2D eigenvalue weighted by Gasteiger charge is -2.22. The lowest BCUT2D eigenvalue weighted by molar-refractivity contribution is 0.115. The Balaban J connectivity index is 0.00000264. The molecule has 0 atom stereocenters. The quantitative estimate of drug-likeness (QED) is 0.314. The summed E-state index contributed by atoms with van der Waals surface area (Å²) < 4.78 is 5.66. The van der Waals surface area contributed by atoms with Crippen LogP contribution in [0.1, 0.15) is 24.0 Å².